The molecule has 3 rings (SSSR count). The number of hydrogen-bond acceptors (Lipinski definition) is 3. The van der Waals surface area contributed by atoms with Gasteiger partial charge in [-0.05, 0) is 42.0 Å². The third-order valence-corrected chi connectivity index (χ3v) is 4.38. The molecule has 1 fully saturated rings. The van der Waals surface area contributed by atoms with Gasteiger partial charge in [-0.1, -0.05) is 15.9 Å². The molecule has 2 aromatic rings. The zero-order valence-electron chi connectivity index (χ0n) is 12.4. The van der Waals surface area contributed by atoms with Crippen LogP contribution in [0.2, 0.25) is 0 Å². The van der Waals surface area contributed by atoms with Crippen molar-refractivity contribution in [2.24, 2.45) is 5.92 Å². The van der Waals surface area contributed by atoms with Gasteiger partial charge in [-0.2, -0.15) is 0 Å². The lowest BCUT2D eigenvalue weighted by Gasteiger charge is -2.16. The molecule has 0 spiro atoms. The molecule has 2 heterocycles. The molecule has 0 saturated carbocycles. The summed E-state index contributed by atoms with van der Waals surface area (Å²) in [5.41, 5.74) is 1.81. The summed E-state index contributed by atoms with van der Waals surface area (Å²) >= 11 is 3.37. The molecule has 1 unspecified atom stereocenters. The van der Waals surface area contributed by atoms with Crippen LogP contribution in [-0.2, 0) is 16.1 Å². The Morgan fingerprint density at radius 2 is 1.91 bits per heavy atom. The highest BCUT2D eigenvalue weighted by atomic mass is 79.9. The molecule has 0 radical (unpaired) electrons. The van der Waals surface area contributed by atoms with E-state index >= 15 is 0 Å². The highest BCUT2D eigenvalue weighted by molar-refractivity contribution is 9.10. The summed E-state index contributed by atoms with van der Waals surface area (Å²) in [4.78, 5) is 30.1. The van der Waals surface area contributed by atoms with E-state index < -0.39 is 0 Å². The number of rotatable bonds is 4. The van der Waals surface area contributed by atoms with Crippen molar-refractivity contribution in [3.8, 4) is 0 Å². The van der Waals surface area contributed by atoms with E-state index in [1.807, 2.05) is 36.4 Å². The van der Waals surface area contributed by atoms with Gasteiger partial charge in [-0.25, -0.2) is 0 Å². The summed E-state index contributed by atoms with van der Waals surface area (Å²) in [5, 5.41) is 2.89. The second kappa shape index (κ2) is 6.91. The SMILES string of the molecule is O=C(NCc1ccncc1)C1CC(=O)N(c2ccc(Br)cc2)C1. The van der Waals surface area contributed by atoms with Gasteiger partial charge in [0.15, 0.2) is 0 Å². The maximum Gasteiger partial charge on any atom is 0.227 e. The first-order chi connectivity index (χ1) is 11.1. The lowest BCUT2D eigenvalue weighted by molar-refractivity contribution is -0.126. The number of halogens is 1. The Bertz CT molecular complexity index is 704. The van der Waals surface area contributed by atoms with Crippen LogP contribution in [0, 0.1) is 5.92 Å². The number of hydrogen-bond donors (Lipinski definition) is 1. The number of benzene rings is 1. The maximum absolute atomic E-state index is 12.3. The Balaban J connectivity index is 1.60. The van der Waals surface area contributed by atoms with Crippen molar-refractivity contribution < 1.29 is 9.59 Å². The Hall–Kier alpha value is -2.21. The van der Waals surface area contributed by atoms with Gasteiger partial charge >= 0.3 is 0 Å². The fraction of sp³-hybridized carbons (Fsp3) is 0.235. The van der Waals surface area contributed by atoms with Gasteiger partial charge in [-0.15, -0.1) is 0 Å². The third-order valence-electron chi connectivity index (χ3n) is 3.85. The Labute approximate surface area is 142 Å². The van der Waals surface area contributed by atoms with E-state index in [-0.39, 0.29) is 24.2 Å². The van der Waals surface area contributed by atoms with Crippen molar-refractivity contribution >= 4 is 33.4 Å². The topological polar surface area (TPSA) is 62.3 Å². The summed E-state index contributed by atoms with van der Waals surface area (Å²) < 4.78 is 0.958. The molecule has 23 heavy (non-hydrogen) atoms. The minimum absolute atomic E-state index is 0.0172. The fourth-order valence-electron chi connectivity index (χ4n) is 2.59. The van der Waals surface area contributed by atoms with E-state index in [9.17, 15) is 9.59 Å². The largest absolute Gasteiger partial charge is 0.352 e. The first kappa shape index (κ1) is 15.7. The maximum atomic E-state index is 12.3. The van der Waals surface area contributed by atoms with E-state index in [0.717, 1.165) is 15.7 Å². The predicted molar refractivity (Wildman–Crippen MR) is 90.7 cm³/mol. The quantitative estimate of drug-likeness (QED) is 0.895. The Morgan fingerprint density at radius 3 is 2.61 bits per heavy atom. The first-order valence-corrected chi connectivity index (χ1v) is 8.15. The van der Waals surface area contributed by atoms with Crippen LogP contribution in [-0.4, -0.2) is 23.3 Å². The van der Waals surface area contributed by atoms with Crippen molar-refractivity contribution in [1.82, 2.24) is 10.3 Å². The molecular formula is C17H16BrN3O2. The summed E-state index contributed by atoms with van der Waals surface area (Å²) in [7, 11) is 0. The number of nitrogens with one attached hydrogen (secondary N) is 1. The number of amides is 2. The summed E-state index contributed by atoms with van der Waals surface area (Å²) in [5.74, 6) is -0.417. The number of anilines is 1. The van der Waals surface area contributed by atoms with Crippen LogP contribution in [0.25, 0.3) is 0 Å². The first-order valence-electron chi connectivity index (χ1n) is 7.36. The molecule has 118 valence electrons. The summed E-state index contributed by atoms with van der Waals surface area (Å²) in [6, 6.07) is 11.2. The molecule has 1 saturated heterocycles. The Morgan fingerprint density at radius 1 is 1.22 bits per heavy atom. The monoisotopic (exact) mass is 373 g/mol. The van der Waals surface area contributed by atoms with Crippen molar-refractivity contribution in [3.63, 3.8) is 0 Å². The van der Waals surface area contributed by atoms with Gasteiger partial charge in [0.05, 0.1) is 5.92 Å². The predicted octanol–water partition coefficient (Wildman–Crippen LogP) is 2.51. The minimum atomic E-state index is -0.312. The van der Waals surface area contributed by atoms with Crippen LogP contribution in [0.3, 0.4) is 0 Å². The number of aromatic nitrogens is 1. The lowest BCUT2D eigenvalue weighted by Crippen LogP contribution is -2.32. The van der Waals surface area contributed by atoms with Crippen LogP contribution in [0.5, 0.6) is 0 Å². The molecule has 6 heteroatoms. The van der Waals surface area contributed by atoms with E-state index in [2.05, 4.69) is 26.2 Å². The average molecular weight is 374 g/mol. The number of nitrogens with zero attached hydrogens (tertiary/aromatic N) is 2. The van der Waals surface area contributed by atoms with Gasteiger partial charge in [-0.3, -0.25) is 14.6 Å². The molecule has 1 aromatic heterocycles. The van der Waals surface area contributed by atoms with Crippen LogP contribution >= 0.6 is 15.9 Å². The van der Waals surface area contributed by atoms with Gasteiger partial charge in [0, 0.05) is 42.1 Å². The van der Waals surface area contributed by atoms with Gasteiger partial charge in [0.2, 0.25) is 11.8 Å². The van der Waals surface area contributed by atoms with Crippen LogP contribution in [0.1, 0.15) is 12.0 Å². The molecule has 5 nitrogen and oxygen atoms in total. The molecule has 1 N–H and O–H groups in total. The average Bonchev–Trinajstić information content (AvgIpc) is 2.96. The second-order valence-corrected chi connectivity index (χ2v) is 6.37. The molecule has 0 bridgehead atoms. The smallest absolute Gasteiger partial charge is 0.227 e. The van der Waals surface area contributed by atoms with Gasteiger partial charge in [0.25, 0.3) is 0 Å². The lowest BCUT2D eigenvalue weighted by atomic mass is 10.1. The van der Waals surface area contributed by atoms with Gasteiger partial charge < -0.3 is 10.2 Å². The van der Waals surface area contributed by atoms with Crippen molar-refractivity contribution in [1.29, 1.82) is 0 Å². The molecule has 0 aliphatic carbocycles. The zero-order chi connectivity index (χ0) is 16.2. The molecule has 1 aromatic carbocycles. The number of pyridine rings is 1. The third kappa shape index (κ3) is 3.76. The standard InChI is InChI=1S/C17H16BrN3O2/c18-14-1-3-15(4-2-14)21-11-13(9-16(21)22)17(23)20-10-12-5-7-19-8-6-12/h1-8,13H,9-11H2,(H,20,23). The van der Waals surface area contributed by atoms with Crippen molar-refractivity contribution in [3.05, 3.63) is 58.8 Å². The second-order valence-electron chi connectivity index (χ2n) is 5.46. The Kier molecular flexibility index (Phi) is 4.71. The molecule has 1 aliphatic rings. The number of carbonyl (C=O) groups excluding carboxylic acids is 2. The van der Waals surface area contributed by atoms with E-state index in [4.69, 9.17) is 0 Å². The summed E-state index contributed by atoms with van der Waals surface area (Å²) in [6.45, 7) is 0.868. The van der Waals surface area contributed by atoms with Crippen LogP contribution in [0.15, 0.2) is 53.3 Å². The summed E-state index contributed by atoms with van der Waals surface area (Å²) in [6.07, 6.45) is 3.63. The van der Waals surface area contributed by atoms with Crippen LogP contribution < -0.4 is 10.2 Å². The van der Waals surface area contributed by atoms with Crippen molar-refractivity contribution in [2.75, 3.05) is 11.4 Å². The molecule has 1 aliphatic heterocycles. The number of carbonyl (C=O) groups is 2. The van der Waals surface area contributed by atoms with E-state index in [1.54, 1.807) is 17.3 Å². The van der Waals surface area contributed by atoms with E-state index in [0.29, 0.717) is 13.1 Å². The van der Waals surface area contributed by atoms with E-state index in [1.165, 1.54) is 0 Å². The highest BCUT2D eigenvalue weighted by Gasteiger charge is 2.34. The minimum Gasteiger partial charge on any atom is -0.352 e. The molecular weight excluding hydrogens is 358 g/mol. The molecule has 1 atom stereocenters. The highest BCUT2D eigenvalue weighted by Crippen LogP contribution is 2.26. The van der Waals surface area contributed by atoms with Crippen LogP contribution in [0.4, 0.5) is 5.69 Å². The molecule has 2 amide bonds. The van der Waals surface area contributed by atoms with Gasteiger partial charge in [0.1, 0.15) is 0 Å². The fourth-order valence-corrected chi connectivity index (χ4v) is 2.85. The normalized spacial score (nSPS) is 17.3. The van der Waals surface area contributed by atoms with Crippen molar-refractivity contribution in [2.45, 2.75) is 13.0 Å². The zero-order valence-corrected chi connectivity index (χ0v) is 14.0.